The Hall–Kier alpha value is -3.28. The van der Waals surface area contributed by atoms with E-state index < -0.39 is 11.8 Å². The standard InChI is InChI=1S/C18H13FN2O3/c1-11(22)12-2-4-13(5-3-12)17-20-8-9-21(17)16-10-14(18(23)24)6-7-15(16)19/h2-10H,1H3,(H,23,24). The number of benzene rings is 2. The van der Waals surface area contributed by atoms with Crippen LogP contribution < -0.4 is 0 Å². The molecular formula is C18H13FN2O3. The van der Waals surface area contributed by atoms with Crippen molar-refractivity contribution in [3.05, 3.63) is 71.8 Å². The van der Waals surface area contributed by atoms with E-state index in [1.807, 2.05) is 0 Å². The molecule has 120 valence electrons. The Kier molecular flexibility index (Phi) is 3.95. The van der Waals surface area contributed by atoms with Crippen molar-refractivity contribution in [3.8, 4) is 17.1 Å². The third kappa shape index (κ3) is 2.81. The van der Waals surface area contributed by atoms with E-state index in [9.17, 15) is 14.0 Å². The van der Waals surface area contributed by atoms with Gasteiger partial charge in [-0.3, -0.25) is 9.36 Å². The molecule has 0 aliphatic rings. The molecule has 0 bridgehead atoms. The van der Waals surface area contributed by atoms with Gasteiger partial charge in [0.25, 0.3) is 0 Å². The summed E-state index contributed by atoms with van der Waals surface area (Å²) >= 11 is 0. The van der Waals surface area contributed by atoms with Crippen LogP contribution in [-0.2, 0) is 0 Å². The molecule has 1 aromatic heterocycles. The Bertz CT molecular complexity index is 930. The predicted molar refractivity (Wildman–Crippen MR) is 85.9 cm³/mol. The molecule has 1 N–H and O–H groups in total. The molecule has 0 saturated carbocycles. The third-order valence-electron chi connectivity index (χ3n) is 3.64. The third-order valence-corrected chi connectivity index (χ3v) is 3.64. The van der Waals surface area contributed by atoms with Crippen molar-refractivity contribution >= 4 is 11.8 Å². The minimum absolute atomic E-state index is 0.0158. The molecule has 0 amide bonds. The predicted octanol–water partition coefficient (Wildman–Crippen LogP) is 3.58. The van der Waals surface area contributed by atoms with Gasteiger partial charge < -0.3 is 5.11 Å². The summed E-state index contributed by atoms with van der Waals surface area (Å²) in [6.45, 7) is 1.47. The fraction of sp³-hybridized carbons (Fsp3) is 0.0556. The molecule has 0 radical (unpaired) electrons. The first-order chi connectivity index (χ1) is 11.5. The molecule has 24 heavy (non-hydrogen) atoms. The number of imidazole rings is 1. The largest absolute Gasteiger partial charge is 0.478 e. The summed E-state index contributed by atoms with van der Waals surface area (Å²) in [6, 6.07) is 10.3. The van der Waals surface area contributed by atoms with Crippen LogP contribution in [0.15, 0.2) is 54.9 Å². The highest BCUT2D eigenvalue weighted by Crippen LogP contribution is 2.24. The second-order valence-corrected chi connectivity index (χ2v) is 5.23. The first-order valence-corrected chi connectivity index (χ1v) is 7.15. The van der Waals surface area contributed by atoms with Crippen LogP contribution in [0.2, 0.25) is 0 Å². The average molecular weight is 324 g/mol. The molecule has 3 aromatic rings. The van der Waals surface area contributed by atoms with Gasteiger partial charge >= 0.3 is 5.97 Å². The van der Waals surface area contributed by atoms with Crippen LogP contribution in [0.4, 0.5) is 4.39 Å². The molecule has 6 heteroatoms. The zero-order chi connectivity index (χ0) is 17.3. The number of ketones is 1. The van der Waals surface area contributed by atoms with Gasteiger partial charge in [-0.25, -0.2) is 14.2 Å². The van der Waals surface area contributed by atoms with Crippen LogP contribution in [0.1, 0.15) is 27.6 Å². The number of hydrogen-bond acceptors (Lipinski definition) is 3. The molecule has 5 nitrogen and oxygen atoms in total. The molecule has 0 aliphatic heterocycles. The van der Waals surface area contributed by atoms with Crippen LogP contribution in [0.5, 0.6) is 0 Å². The molecule has 2 aromatic carbocycles. The van der Waals surface area contributed by atoms with Crippen LogP contribution in [0, 0.1) is 5.82 Å². The molecule has 0 atom stereocenters. The van der Waals surface area contributed by atoms with E-state index in [0.717, 1.165) is 6.07 Å². The van der Waals surface area contributed by atoms with Crippen molar-refractivity contribution in [3.63, 3.8) is 0 Å². The number of aromatic nitrogens is 2. The van der Waals surface area contributed by atoms with Gasteiger partial charge in [-0.1, -0.05) is 24.3 Å². The molecule has 0 fully saturated rings. The summed E-state index contributed by atoms with van der Waals surface area (Å²) in [5.74, 6) is -1.29. The van der Waals surface area contributed by atoms with Crippen molar-refractivity contribution in [1.29, 1.82) is 0 Å². The number of carboxylic acid groups (broad SMARTS) is 1. The fourth-order valence-corrected chi connectivity index (χ4v) is 2.40. The van der Waals surface area contributed by atoms with Gasteiger partial charge in [-0.15, -0.1) is 0 Å². The number of carbonyl (C=O) groups excluding carboxylic acids is 1. The zero-order valence-electron chi connectivity index (χ0n) is 12.7. The maximum atomic E-state index is 14.2. The van der Waals surface area contributed by atoms with E-state index in [0.29, 0.717) is 17.0 Å². The van der Waals surface area contributed by atoms with E-state index in [2.05, 4.69) is 4.98 Å². The number of carbonyl (C=O) groups is 2. The van der Waals surface area contributed by atoms with Gasteiger partial charge in [-0.05, 0) is 25.1 Å². The SMILES string of the molecule is CC(=O)c1ccc(-c2nccn2-c2cc(C(=O)O)ccc2F)cc1. The summed E-state index contributed by atoms with van der Waals surface area (Å²) in [5.41, 5.74) is 1.33. The number of halogens is 1. The zero-order valence-corrected chi connectivity index (χ0v) is 12.7. The molecule has 0 spiro atoms. The van der Waals surface area contributed by atoms with E-state index in [1.54, 1.807) is 30.5 Å². The number of Topliss-reactive ketones (excluding diaryl/α,β-unsaturated/α-hetero) is 1. The quantitative estimate of drug-likeness (QED) is 0.745. The summed E-state index contributed by atoms with van der Waals surface area (Å²) in [5, 5.41) is 9.09. The lowest BCUT2D eigenvalue weighted by molar-refractivity contribution is 0.0696. The normalized spacial score (nSPS) is 10.6. The lowest BCUT2D eigenvalue weighted by Crippen LogP contribution is -2.04. The Morgan fingerprint density at radius 3 is 2.38 bits per heavy atom. The molecule has 0 saturated heterocycles. The molecular weight excluding hydrogens is 311 g/mol. The monoisotopic (exact) mass is 324 g/mol. The number of carboxylic acids is 1. The van der Waals surface area contributed by atoms with Crippen LogP contribution >= 0.6 is 0 Å². The van der Waals surface area contributed by atoms with E-state index in [1.165, 1.54) is 29.8 Å². The summed E-state index contributed by atoms with van der Waals surface area (Å²) in [7, 11) is 0. The summed E-state index contributed by atoms with van der Waals surface area (Å²) in [4.78, 5) is 26.7. The minimum atomic E-state index is -1.14. The Balaban J connectivity index is 2.10. The Morgan fingerprint density at radius 1 is 1.08 bits per heavy atom. The van der Waals surface area contributed by atoms with Crippen LogP contribution in [0.3, 0.4) is 0 Å². The van der Waals surface area contributed by atoms with Gasteiger partial charge in [-0.2, -0.15) is 0 Å². The van der Waals surface area contributed by atoms with Gasteiger partial charge in [0.15, 0.2) is 5.78 Å². The minimum Gasteiger partial charge on any atom is -0.478 e. The molecule has 0 unspecified atom stereocenters. The van der Waals surface area contributed by atoms with E-state index in [-0.39, 0.29) is 17.0 Å². The number of hydrogen-bond donors (Lipinski definition) is 1. The Morgan fingerprint density at radius 2 is 1.75 bits per heavy atom. The van der Waals surface area contributed by atoms with Gasteiger partial charge in [0, 0.05) is 23.5 Å². The lowest BCUT2D eigenvalue weighted by Gasteiger charge is -2.10. The molecule has 3 rings (SSSR count). The number of rotatable bonds is 4. The van der Waals surface area contributed by atoms with Crippen LogP contribution in [-0.4, -0.2) is 26.4 Å². The first-order valence-electron chi connectivity index (χ1n) is 7.15. The van der Waals surface area contributed by atoms with Crippen molar-refractivity contribution in [1.82, 2.24) is 9.55 Å². The maximum Gasteiger partial charge on any atom is 0.335 e. The maximum absolute atomic E-state index is 14.2. The van der Waals surface area contributed by atoms with Crippen molar-refractivity contribution < 1.29 is 19.1 Å². The highest BCUT2D eigenvalue weighted by molar-refractivity contribution is 5.94. The average Bonchev–Trinajstić information content (AvgIpc) is 3.04. The van der Waals surface area contributed by atoms with Gasteiger partial charge in [0.2, 0.25) is 0 Å². The topological polar surface area (TPSA) is 72.2 Å². The highest BCUT2D eigenvalue weighted by atomic mass is 19.1. The highest BCUT2D eigenvalue weighted by Gasteiger charge is 2.14. The van der Waals surface area contributed by atoms with Gasteiger partial charge in [0.1, 0.15) is 11.6 Å². The smallest absolute Gasteiger partial charge is 0.335 e. The summed E-state index contributed by atoms with van der Waals surface area (Å²) < 4.78 is 15.7. The van der Waals surface area contributed by atoms with Gasteiger partial charge in [0.05, 0.1) is 11.3 Å². The van der Waals surface area contributed by atoms with Crippen molar-refractivity contribution in [2.45, 2.75) is 6.92 Å². The molecule has 0 aliphatic carbocycles. The summed E-state index contributed by atoms with van der Waals surface area (Å²) in [6.07, 6.45) is 3.05. The number of nitrogens with zero attached hydrogens (tertiary/aromatic N) is 2. The van der Waals surface area contributed by atoms with E-state index in [4.69, 9.17) is 5.11 Å². The van der Waals surface area contributed by atoms with Crippen molar-refractivity contribution in [2.75, 3.05) is 0 Å². The van der Waals surface area contributed by atoms with Crippen molar-refractivity contribution in [2.24, 2.45) is 0 Å². The molecule has 1 heterocycles. The van der Waals surface area contributed by atoms with Crippen LogP contribution in [0.25, 0.3) is 17.1 Å². The number of aromatic carboxylic acids is 1. The second-order valence-electron chi connectivity index (χ2n) is 5.23. The second kappa shape index (κ2) is 6.08. The first kappa shape index (κ1) is 15.6. The lowest BCUT2D eigenvalue weighted by atomic mass is 10.1. The Labute approximate surface area is 137 Å². The van der Waals surface area contributed by atoms with E-state index >= 15 is 0 Å². The fourth-order valence-electron chi connectivity index (χ4n) is 2.40.